The van der Waals surface area contributed by atoms with Crippen molar-refractivity contribution in [1.82, 2.24) is 0 Å². The second-order valence-corrected chi connectivity index (χ2v) is 3.10. The van der Waals surface area contributed by atoms with Gasteiger partial charge in [-0.05, 0) is 31.4 Å². The van der Waals surface area contributed by atoms with Crippen molar-refractivity contribution < 1.29 is 0 Å². The highest BCUT2D eigenvalue weighted by Crippen LogP contribution is 2.14. The van der Waals surface area contributed by atoms with Gasteiger partial charge in [-0.15, -0.1) is 0 Å². The summed E-state index contributed by atoms with van der Waals surface area (Å²) in [6.07, 6.45) is 4.29. The van der Waals surface area contributed by atoms with Crippen molar-refractivity contribution in [1.29, 1.82) is 0 Å². The molecule has 0 fully saturated rings. The van der Waals surface area contributed by atoms with Crippen LogP contribution in [0.15, 0.2) is 36.0 Å². The van der Waals surface area contributed by atoms with E-state index in [1.54, 1.807) is 0 Å². The van der Waals surface area contributed by atoms with Crippen LogP contribution in [0.4, 0.5) is 0 Å². The summed E-state index contributed by atoms with van der Waals surface area (Å²) >= 11 is 0. The van der Waals surface area contributed by atoms with Crippen molar-refractivity contribution in [2.75, 3.05) is 0 Å². The Morgan fingerprint density at radius 2 is 1.82 bits per heavy atom. The number of hydrogen-bond acceptors (Lipinski definition) is 0. The Morgan fingerprint density at radius 1 is 1.27 bits per heavy atom. The molecular formula is C11H18. The van der Waals surface area contributed by atoms with Gasteiger partial charge in [-0.2, -0.15) is 0 Å². The molecule has 0 aromatic heterocycles. The van der Waals surface area contributed by atoms with Crippen LogP contribution in [0.1, 0.15) is 33.6 Å². The third-order valence-electron chi connectivity index (χ3n) is 1.47. The van der Waals surface area contributed by atoms with Gasteiger partial charge < -0.3 is 0 Å². The first-order chi connectivity index (χ1) is 5.07. The smallest absolute Gasteiger partial charge is 0.0282 e. The lowest BCUT2D eigenvalue weighted by atomic mass is 10.0. The fraction of sp³-hybridized carbons (Fsp3) is 0.455. The predicted octanol–water partition coefficient (Wildman–Crippen LogP) is 3.87. The standard InChI is InChI=1S/C11H18/c1-6-7-10(4)11(5)8-9(2)3/h8H,4-7H2,1-3H3. The summed E-state index contributed by atoms with van der Waals surface area (Å²) in [5.74, 6) is 0. The zero-order valence-electron chi connectivity index (χ0n) is 7.91. The molecule has 0 bridgehead atoms. The van der Waals surface area contributed by atoms with E-state index < -0.39 is 0 Å². The Kier molecular flexibility index (Phi) is 4.60. The molecule has 0 heterocycles. The van der Waals surface area contributed by atoms with E-state index in [0.717, 1.165) is 24.0 Å². The van der Waals surface area contributed by atoms with E-state index in [2.05, 4.69) is 40.0 Å². The second-order valence-electron chi connectivity index (χ2n) is 3.10. The zero-order chi connectivity index (χ0) is 8.85. The maximum Gasteiger partial charge on any atom is -0.0282 e. The van der Waals surface area contributed by atoms with Crippen molar-refractivity contribution in [2.45, 2.75) is 33.6 Å². The lowest BCUT2D eigenvalue weighted by molar-refractivity contribution is 0.921. The summed E-state index contributed by atoms with van der Waals surface area (Å²) in [5, 5.41) is 0. The summed E-state index contributed by atoms with van der Waals surface area (Å²) < 4.78 is 0. The molecule has 0 amide bonds. The zero-order valence-corrected chi connectivity index (χ0v) is 7.91. The van der Waals surface area contributed by atoms with Gasteiger partial charge in [0.1, 0.15) is 0 Å². The van der Waals surface area contributed by atoms with Crippen molar-refractivity contribution in [3.05, 3.63) is 36.0 Å². The maximum absolute atomic E-state index is 3.95. The fourth-order valence-electron chi connectivity index (χ4n) is 0.913. The molecule has 0 N–H and O–H groups in total. The first-order valence-corrected chi connectivity index (χ1v) is 4.10. The third-order valence-corrected chi connectivity index (χ3v) is 1.47. The first kappa shape index (κ1) is 10.2. The van der Waals surface area contributed by atoms with Gasteiger partial charge >= 0.3 is 0 Å². The molecule has 0 aliphatic carbocycles. The van der Waals surface area contributed by atoms with Gasteiger partial charge in [0.25, 0.3) is 0 Å². The SMILES string of the molecule is C=C(C=C(C)C)C(=C)CCC. The van der Waals surface area contributed by atoms with Crippen LogP contribution in [0.25, 0.3) is 0 Å². The van der Waals surface area contributed by atoms with Gasteiger partial charge in [-0.3, -0.25) is 0 Å². The molecule has 62 valence electrons. The number of allylic oxidation sites excluding steroid dienone is 4. The highest BCUT2D eigenvalue weighted by Gasteiger charge is 1.94. The van der Waals surface area contributed by atoms with Crippen LogP contribution in [0.2, 0.25) is 0 Å². The minimum absolute atomic E-state index is 1.06. The Labute approximate surface area is 70.3 Å². The summed E-state index contributed by atoms with van der Waals surface area (Å²) in [6, 6.07) is 0. The normalized spacial score (nSPS) is 9.00. The Bertz CT molecular complexity index is 178. The average molecular weight is 150 g/mol. The maximum atomic E-state index is 3.95. The van der Waals surface area contributed by atoms with Crippen LogP contribution < -0.4 is 0 Å². The van der Waals surface area contributed by atoms with Crippen LogP contribution in [-0.2, 0) is 0 Å². The van der Waals surface area contributed by atoms with E-state index in [1.807, 2.05) is 0 Å². The van der Waals surface area contributed by atoms with Crippen LogP contribution in [-0.4, -0.2) is 0 Å². The summed E-state index contributed by atoms with van der Waals surface area (Å²) in [5.41, 5.74) is 3.52. The summed E-state index contributed by atoms with van der Waals surface area (Å²) in [6.45, 7) is 14.2. The Balaban J connectivity index is 4.05. The number of rotatable bonds is 4. The van der Waals surface area contributed by atoms with E-state index in [1.165, 1.54) is 5.57 Å². The Hall–Kier alpha value is -0.780. The third kappa shape index (κ3) is 4.60. The first-order valence-electron chi connectivity index (χ1n) is 4.10. The Morgan fingerprint density at radius 3 is 2.18 bits per heavy atom. The number of hydrogen-bond donors (Lipinski definition) is 0. The van der Waals surface area contributed by atoms with E-state index in [9.17, 15) is 0 Å². The topological polar surface area (TPSA) is 0 Å². The molecule has 0 saturated carbocycles. The van der Waals surface area contributed by atoms with Crippen molar-refractivity contribution >= 4 is 0 Å². The highest BCUT2D eigenvalue weighted by atomic mass is 14.0. The van der Waals surface area contributed by atoms with Crippen LogP contribution >= 0.6 is 0 Å². The molecule has 0 saturated heterocycles. The van der Waals surface area contributed by atoms with E-state index in [0.29, 0.717) is 0 Å². The van der Waals surface area contributed by atoms with Crippen molar-refractivity contribution in [2.24, 2.45) is 0 Å². The lowest BCUT2D eigenvalue weighted by Crippen LogP contribution is -1.83. The average Bonchev–Trinajstić information content (AvgIpc) is 1.86. The lowest BCUT2D eigenvalue weighted by Gasteiger charge is -2.03. The molecule has 0 spiro atoms. The molecule has 0 radical (unpaired) electrons. The van der Waals surface area contributed by atoms with Gasteiger partial charge in [0.15, 0.2) is 0 Å². The van der Waals surface area contributed by atoms with Gasteiger partial charge in [0.2, 0.25) is 0 Å². The summed E-state index contributed by atoms with van der Waals surface area (Å²) in [7, 11) is 0. The molecule has 11 heavy (non-hydrogen) atoms. The molecule has 0 rings (SSSR count). The monoisotopic (exact) mass is 150 g/mol. The molecule has 0 unspecified atom stereocenters. The molecule has 0 aromatic carbocycles. The fourth-order valence-corrected chi connectivity index (χ4v) is 0.913. The summed E-state index contributed by atoms with van der Waals surface area (Å²) in [4.78, 5) is 0. The van der Waals surface area contributed by atoms with Crippen LogP contribution in [0, 0.1) is 0 Å². The van der Waals surface area contributed by atoms with E-state index in [4.69, 9.17) is 0 Å². The van der Waals surface area contributed by atoms with Crippen LogP contribution in [0.3, 0.4) is 0 Å². The van der Waals surface area contributed by atoms with E-state index in [-0.39, 0.29) is 0 Å². The van der Waals surface area contributed by atoms with Gasteiger partial charge in [0, 0.05) is 0 Å². The molecular weight excluding hydrogens is 132 g/mol. The van der Waals surface area contributed by atoms with Crippen molar-refractivity contribution in [3.63, 3.8) is 0 Å². The molecule has 0 nitrogen and oxygen atoms in total. The minimum Gasteiger partial charge on any atom is -0.0953 e. The van der Waals surface area contributed by atoms with Gasteiger partial charge in [0.05, 0.1) is 0 Å². The molecule has 0 aliphatic heterocycles. The molecule has 0 heteroatoms. The van der Waals surface area contributed by atoms with Crippen molar-refractivity contribution in [3.8, 4) is 0 Å². The predicted molar refractivity (Wildman–Crippen MR) is 52.6 cm³/mol. The minimum atomic E-state index is 1.06. The molecule has 0 aromatic rings. The largest absolute Gasteiger partial charge is 0.0953 e. The molecule has 0 aliphatic rings. The molecule has 0 atom stereocenters. The van der Waals surface area contributed by atoms with Crippen LogP contribution in [0.5, 0.6) is 0 Å². The van der Waals surface area contributed by atoms with Gasteiger partial charge in [-0.25, -0.2) is 0 Å². The quantitative estimate of drug-likeness (QED) is 0.534. The van der Waals surface area contributed by atoms with Gasteiger partial charge in [-0.1, -0.05) is 38.2 Å². The second kappa shape index (κ2) is 4.95. The van der Waals surface area contributed by atoms with E-state index >= 15 is 0 Å². The highest BCUT2D eigenvalue weighted by molar-refractivity contribution is 5.36.